The molecule has 1 saturated heterocycles. The van der Waals surface area contributed by atoms with Crippen LogP contribution in [0.4, 0.5) is 0 Å². The highest BCUT2D eigenvalue weighted by molar-refractivity contribution is 6.62. The fourth-order valence-corrected chi connectivity index (χ4v) is 4.87. The first-order chi connectivity index (χ1) is 21.4. The van der Waals surface area contributed by atoms with Crippen molar-refractivity contribution in [3.8, 4) is 5.75 Å². The molecule has 0 spiro atoms. The molecule has 11 heteroatoms. The van der Waals surface area contributed by atoms with E-state index in [-0.39, 0.29) is 31.6 Å². The number of nitrogens with zero attached hydrogens (tertiary/aromatic N) is 1. The van der Waals surface area contributed by atoms with E-state index in [4.69, 9.17) is 23.3 Å². The molecule has 1 aliphatic heterocycles. The van der Waals surface area contributed by atoms with Crippen LogP contribution in [0.2, 0.25) is 0 Å². The van der Waals surface area contributed by atoms with Crippen molar-refractivity contribution in [3.63, 3.8) is 0 Å². The van der Waals surface area contributed by atoms with Crippen molar-refractivity contribution in [2.75, 3.05) is 27.2 Å². The molecule has 0 unspecified atom stereocenters. The van der Waals surface area contributed by atoms with Crippen LogP contribution in [-0.4, -0.2) is 62.3 Å². The van der Waals surface area contributed by atoms with Crippen LogP contribution in [0.5, 0.6) is 5.75 Å². The zero-order valence-electron chi connectivity index (χ0n) is 26.6. The number of hydrogen-bond acceptors (Lipinski definition) is 8. The Morgan fingerprint density at radius 3 is 2.20 bits per heavy atom. The zero-order valence-corrected chi connectivity index (χ0v) is 26.6. The summed E-state index contributed by atoms with van der Waals surface area (Å²) in [6, 6.07) is 22.0. The molecule has 0 radical (unpaired) electrons. The van der Waals surface area contributed by atoms with Crippen molar-refractivity contribution in [2.24, 2.45) is 0 Å². The van der Waals surface area contributed by atoms with E-state index in [0.717, 1.165) is 22.0 Å². The van der Waals surface area contributed by atoms with Gasteiger partial charge in [0.15, 0.2) is 5.76 Å². The number of carbonyl (C=O) groups excluding carboxylic acids is 2. The van der Waals surface area contributed by atoms with E-state index in [2.05, 4.69) is 10.8 Å². The first kappa shape index (κ1) is 32.2. The average Bonchev–Trinajstić information content (AvgIpc) is 3.47. The summed E-state index contributed by atoms with van der Waals surface area (Å²) in [5.74, 6) is 0.211. The highest BCUT2D eigenvalue weighted by atomic mass is 16.7. The fourth-order valence-electron chi connectivity index (χ4n) is 4.87. The van der Waals surface area contributed by atoms with Crippen molar-refractivity contribution >= 4 is 35.4 Å². The van der Waals surface area contributed by atoms with Crippen LogP contribution >= 0.6 is 0 Å². The quantitative estimate of drug-likeness (QED) is 0.137. The Balaban J connectivity index is 1.04. The maximum absolute atomic E-state index is 12.9. The predicted octanol–water partition coefficient (Wildman–Crippen LogP) is 4.46. The van der Waals surface area contributed by atoms with Gasteiger partial charge in [-0.05, 0) is 83.1 Å². The standard InChI is InChI=1S/C34H40BN3O7/c1-33(2)34(3,4)45-35(44-33)25-15-11-23(12-16-25)22-42-37-31(39)24-13-17-26(18-14-24)41-20-19-36-32(40)30-28(21-38(5)6)27-9-7-8-10-29(27)43-30/h7-18H,19-22H2,1-6H3,(H,36,40)(H,37,39). The minimum atomic E-state index is -0.431. The summed E-state index contributed by atoms with van der Waals surface area (Å²) in [6.45, 7) is 9.40. The maximum atomic E-state index is 12.9. The molecule has 2 N–H and O–H groups in total. The lowest BCUT2D eigenvalue weighted by atomic mass is 9.79. The molecule has 3 aromatic carbocycles. The molecule has 4 aromatic rings. The van der Waals surface area contributed by atoms with E-state index in [9.17, 15) is 9.59 Å². The minimum absolute atomic E-state index is 0.201. The van der Waals surface area contributed by atoms with Crippen LogP contribution in [0.3, 0.4) is 0 Å². The maximum Gasteiger partial charge on any atom is 0.494 e. The molecule has 0 saturated carbocycles. The molecule has 2 amide bonds. The second-order valence-corrected chi connectivity index (χ2v) is 12.3. The third kappa shape index (κ3) is 7.57. The van der Waals surface area contributed by atoms with Gasteiger partial charge in [0.2, 0.25) is 0 Å². The number of fused-ring (bicyclic) bond motifs is 1. The summed E-state index contributed by atoms with van der Waals surface area (Å²) in [5.41, 5.74) is 5.43. The zero-order chi connectivity index (χ0) is 32.2. The van der Waals surface area contributed by atoms with E-state index in [1.807, 2.05) is 95.2 Å². The Morgan fingerprint density at radius 1 is 0.867 bits per heavy atom. The summed E-state index contributed by atoms with van der Waals surface area (Å²) in [5, 5.41) is 3.79. The summed E-state index contributed by atoms with van der Waals surface area (Å²) in [6.07, 6.45) is 0. The first-order valence-corrected chi connectivity index (χ1v) is 15.0. The number of carbonyl (C=O) groups is 2. The van der Waals surface area contributed by atoms with Gasteiger partial charge in [-0.3, -0.25) is 14.4 Å². The number of hydrogen-bond donors (Lipinski definition) is 2. The van der Waals surface area contributed by atoms with Gasteiger partial charge in [0, 0.05) is 23.1 Å². The lowest BCUT2D eigenvalue weighted by molar-refractivity contribution is 0.00578. The molecule has 2 heterocycles. The molecule has 45 heavy (non-hydrogen) atoms. The summed E-state index contributed by atoms with van der Waals surface area (Å²) in [7, 11) is 3.46. The Hall–Kier alpha value is -4.16. The lowest BCUT2D eigenvalue weighted by Gasteiger charge is -2.32. The predicted molar refractivity (Wildman–Crippen MR) is 172 cm³/mol. The third-order valence-corrected chi connectivity index (χ3v) is 8.06. The molecule has 1 aromatic heterocycles. The van der Waals surface area contributed by atoms with E-state index in [0.29, 0.717) is 29.2 Å². The molecule has 1 fully saturated rings. The number of nitrogens with one attached hydrogen (secondary N) is 2. The number of para-hydroxylation sites is 1. The molecule has 0 bridgehead atoms. The summed E-state index contributed by atoms with van der Waals surface area (Å²) in [4.78, 5) is 32.9. The Kier molecular flexibility index (Phi) is 9.64. The van der Waals surface area contributed by atoms with Gasteiger partial charge in [-0.25, -0.2) is 5.48 Å². The van der Waals surface area contributed by atoms with Gasteiger partial charge in [-0.2, -0.15) is 0 Å². The van der Waals surface area contributed by atoms with E-state index < -0.39 is 18.3 Å². The second-order valence-electron chi connectivity index (χ2n) is 12.3. The molecule has 10 nitrogen and oxygen atoms in total. The first-order valence-electron chi connectivity index (χ1n) is 15.0. The van der Waals surface area contributed by atoms with Crippen molar-refractivity contribution in [1.82, 2.24) is 15.7 Å². The number of hydroxylamine groups is 1. The lowest BCUT2D eigenvalue weighted by Crippen LogP contribution is -2.41. The van der Waals surface area contributed by atoms with Crippen LogP contribution in [-0.2, 0) is 27.3 Å². The molecule has 0 atom stereocenters. The molecule has 236 valence electrons. The SMILES string of the molecule is CN(C)Cc1c(C(=O)NCCOc2ccc(C(=O)NOCc3ccc(B4OC(C)(C)C(C)(C)O4)cc3)cc2)oc2ccccc12. The Morgan fingerprint density at radius 2 is 1.53 bits per heavy atom. The summed E-state index contributed by atoms with van der Waals surface area (Å²) >= 11 is 0. The van der Waals surface area contributed by atoms with E-state index in [1.165, 1.54) is 0 Å². The van der Waals surface area contributed by atoms with E-state index >= 15 is 0 Å². The van der Waals surface area contributed by atoms with Gasteiger partial charge >= 0.3 is 7.12 Å². The van der Waals surface area contributed by atoms with Gasteiger partial charge in [-0.1, -0.05) is 42.5 Å². The smallest absolute Gasteiger partial charge is 0.492 e. The molecular weight excluding hydrogens is 573 g/mol. The van der Waals surface area contributed by atoms with Crippen LogP contribution in [0, 0.1) is 0 Å². The highest BCUT2D eigenvalue weighted by Crippen LogP contribution is 2.36. The van der Waals surface area contributed by atoms with Gasteiger partial charge in [0.05, 0.1) is 24.4 Å². The van der Waals surface area contributed by atoms with Crippen LogP contribution in [0.25, 0.3) is 11.0 Å². The van der Waals surface area contributed by atoms with Gasteiger partial charge < -0.3 is 28.7 Å². The van der Waals surface area contributed by atoms with Crippen molar-refractivity contribution in [2.45, 2.75) is 52.0 Å². The van der Waals surface area contributed by atoms with Gasteiger partial charge in [0.25, 0.3) is 11.8 Å². The second kappa shape index (κ2) is 13.5. The minimum Gasteiger partial charge on any atom is -0.492 e. The number of amides is 2. The fraction of sp³-hybridized carbons (Fsp3) is 0.353. The topological polar surface area (TPSA) is 112 Å². The Labute approximate surface area is 264 Å². The highest BCUT2D eigenvalue weighted by Gasteiger charge is 2.51. The van der Waals surface area contributed by atoms with Crippen molar-refractivity contribution < 1.29 is 32.9 Å². The van der Waals surface area contributed by atoms with Crippen LogP contribution in [0.15, 0.2) is 77.2 Å². The van der Waals surface area contributed by atoms with Gasteiger partial charge in [0.1, 0.15) is 17.9 Å². The molecule has 5 rings (SSSR count). The van der Waals surface area contributed by atoms with Gasteiger partial charge in [-0.15, -0.1) is 0 Å². The van der Waals surface area contributed by atoms with E-state index in [1.54, 1.807) is 24.3 Å². The number of benzene rings is 3. The monoisotopic (exact) mass is 613 g/mol. The summed E-state index contributed by atoms with van der Waals surface area (Å²) < 4.78 is 23.8. The Bertz CT molecular complexity index is 1620. The molecule has 0 aliphatic carbocycles. The number of ether oxygens (including phenoxy) is 1. The number of rotatable bonds is 12. The van der Waals surface area contributed by atoms with Crippen LogP contribution < -0.4 is 21.0 Å². The van der Waals surface area contributed by atoms with Crippen LogP contribution in [0.1, 0.15) is 59.7 Å². The number of furan rings is 1. The van der Waals surface area contributed by atoms with Crippen molar-refractivity contribution in [1.29, 1.82) is 0 Å². The third-order valence-electron chi connectivity index (χ3n) is 8.06. The molecule has 1 aliphatic rings. The largest absolute Gasteiger partial charge is 0.494 e. The average molecular weight is 614 g/mol. The molecular formula is C34H40BN3O7. The van der Waals surface area contributed by atoms with Crippen molar-refractivity contribution in [3.05, 3.63) is 95.2 Å². The normalized spacial score (nSPS) is 15.4.